The SMILES string of the molecule is COC(=O)[C@H]1C[C@H](C(N)=O)c2c(Cl)cc(Cl)cc2N1. The van der Waals surface area contributed by atoms with Crippen LogP contribution in [0.2, 0.25) is 10.0 Å². The third-order valence-electron chi connectivity index (χ3n) is 3.07. The molecule has 0 fully saturated rings. The van der Waals surface area contributed by atoms with E-state index in [-0.39, 0.29) is 6.42 Å². The molecular formula is C12H12Cl2N2O3. The van der Waals surface area contributed by atoms with Crippen LogP contribution in [-0.2, 0) is 14.3 Å². The molecule has 0 radical (unpaired) electrons. The Hall–Kier alpha value is -1.46. The Labute approximate surface area is 120 Å². The van der Waals surface area contributed by atoms with E-state index in [4.69, 9.17) is 28.9 Å². The predicted molar refractivity (Wildman–Crippen MR) is 72.4 cm³/mol. The van der Waals surface area contributed by atoms with Crippen LogP contribution in [0.25, 0.3) is 0 Å². The molecule has 2 rings (SSSR count). The lowest BCUT2D eigenvalue weighted by Gasteiger charge is -2.31. The molecule has 0 unspecified atom stereocenters. The van der Waals surface area contributed by atoms with Crippen LogP contribution in [0.5, 0.6) is 0 Å². The van der Waals surface area contributed by atoms with Crippen LogP contribution in [0.4, 0.5) is 5.69 Å². The Bertz CT molecular complexity index is 548. The molecule has 1 aliphatic heterocycles. The number of methoxy groups -OCH3 is 1. The predicted octanol–water partition coefficient (Wildman–Crippen LogP) is 1.92. The van der Waals surface area contributed by atoms with Crippen LogP contribution >= 0.6 is 23.2 Å². The first kappa shape index (κ1) is 14.0. The van der Waals surface area contributed by atoms with Crippen molar-refractivity contribution in [1.29, 1.82) is 0 Å². The van der Waals surface area contributed by atoms with Crippen molar-refractivity contribution in [3.63, 3.8) is 0 Å². The lowest BCUT2D eigenvalue weighted by molar-refractivity contribution is -0.141. The molecule has 1 aromatic carbocycles. The smallest absolute Gasteiger partial charge is 0.328 e. The maximum Gasteiger partial charge on any atom is 0.328 e. The minimum atomic E-state index is -0.649. The number of anilines is 1. The number of nitrogens with one attached hydrogen (secondary N) is 1. The zero-order valence-corrected chi connectivity index (χ0v) is 11.6. The number of hydrogen-bond acceptors (Lipinski definition) is 4. The highest BCUT2D eigenvalue weighted by molar-refractivity contribution is 6.36. The first-order valence-electron chi connectivity index (χ1n) is 5.56. The molecule has 1 amide bonds. The number of esters is 1. The van der Waals surface area contributed by atoms with Crippen molar-refractivity contribution in [3.05, 3.63) is 27.7 Å². The maximum atomic E-state index is 11.6. The molecule has 1 heterocycles. The van der Waals surface area contributed by atoms with E-state index < -0.39 is 23.8 Å². The number of amides is 1. The highest BCUT2D eigenvalue weighted by Gasteiger charge is 2.35. The van der Waals surface area contributed by atoms with Gasteiger partial charge in [0.15, 0.2) is 0 Å². The van der Waals surface area contributed by atoms with Crippen LogP contribution in [0.15, 0.2) is 12.1 Å². The third-order valence-corrected chi connectivity index (χ3v) is 3.60. The summed E-state index contributed by atoms with van der Waals surface area (Å²) in [6.07, 6.45) is 0.205. The summed E-state index contributed by atoms with van der Waals surface area (Å²) in [7, 11) is 1.28. The van der Waals surface area contributed by atoms with Gasteiger partial charge in [-0.05, 0) is 18.6 Å². The van der Waals surface area contributed by atoms with Crippen LogP contribution < -0.4 is 11.1 Å². The average molecular weight is 303 g/mol. The van der Waals surface area contributed by atoms with Gasteiger partial charge in [0.2, 0.25) is 5.91 Å². The number of hydrogen-bond donors (Lipinski definition) is 2. The molecule has 0 saturated heterocycles. The number of primary amides is 1. The summed E-state index contributed by atoms with van der Waals surface area (Å²) in [5.41, 5.74) is 6.48. The number of fused-ring (bicyclic) bond motifs is 1. The molecule has 0 spiro atoms. The molecule has 0 bridgehead atoms. The number of nitrogens with two attached hydrogens (primary N) is 1. The Kier molecular flexibility index (Phi) is 3.87. The fourth-order valence-electron chi connectivity index (χ4n) is 2.21. The minimum absolute atomic E-state index is 0.205. The van der Waals surface area contributed by atoms with Crippen LogP contribution in [-0.4, -0.2) is 25.0 Å². The van der Waals surface area contributed by atoms with Gasteiger partial charge in [0.25, 0.3) is 0 Å². The van der Waals surface area contributed by atoms with E-state index in [0.29, 0.717) is 21.3 Å². The summed E-state index contributed by atoms with van der Waals surface area (Å²) in [5, 5.41) is 3.72. The maximum absolute atomic E-state index is 11.6. The van der Waals surface area contributed by atoms with Gasteiger partial charge in [-0.3, -0.25) is 4.79 Å². The Morgan fingerprint density at radius 1 is 1.42 bits per heavy atom. The van der Waals surface area contributed by atoms with E-state index >= 15 is 0 Å². The molecule has 3 N–H and O–H groups in total. The number of carbonyl (C=O) groups excluding carboxylic acids is 2. The van der Waals surface area contributed by atoms with Gasteiger partial charge in [-0.25, -0.2) is 4.79 Å². The summed E-state index contributed by atoms with van der Waals surface area (Å²) in [4.78, 5) is 23.2. The first-order chi connectivity index (χ1) is 8.93. The molecule has 1 aromatic rings. The summed E-state index contributed by atoms with van der Waals surface area (Å²) in [5.74, 6) is -1.65. The van der Waals surface area contributed by atoms with Crippen LogP contribution in [0.3, 0.4) is 0 Å². The summed E-state index contributed by atoms with van der Waals surface area (Å²) >= 11 is 12.0. The highest BCUT2D eigenvalue weighted by Crippen LogP contribution is 2.40. The van der Waals surface area contributed by atoms with Crippen molar-refractivity contribution in [2.24, 2.45) is 5.73 Å². The number of benzene rings is 1. The molecule has 0 aliphatic carbocycles. The fourth-order valence-corrected chi connectivity index (χ4v) is 2.84. The van der Waals surface area contributed by atoms with Crippen molar-refractivity contribution in [2.75, 3.05) is 12.4 Å². The zero-order chi connectivity index (χ0) is 14.2. The monoisotopic (exact) mass is 302 g/mol. The third kappa shape index (κ3) is 2.62. The number of rotatable bonds is 2. The Morgan fingerprint density at radius 2 is 2.11 bits per heavy atom. The van der Waals surface area contributed by atoms with Gasteiger partial charge in [0.1, 0.15) is 6.04 Å². The molecule has 102 valence electrons. The molecule has 7 heteroatoms. The second kappa shape index (κ2) is 5.27. The van der Waals surface area contributed by atoms with Gasteiger partial charge in [0.05, 0.1) is 13.0 Å². The fraction of sp³-hybridized carbons (Fsp3) is 0.333. The second-order valence-electron chi connectivity index (χ2n) is 4.26. The lowest BCUT2D eigenvalue weighted by atomic mass is 9.86. The molecule has 0 saturated carbocycles. The van der Waals surface area contributed by atoms with E-state index in [1.807, 2.05) is 0 Å². The van der Waals surface area contributed by atoms with Crippen molar-refractivity contribution in [3.8, 4) is 0 Å². The standard InChI is InChI=1S/C12H12Cl2N2O3/c1-19-12(18)9-4-6(11(15)17)10-7(14)2-5(13)3-8(10)16-9/h2-3,6,9,16H,4H2,1H3,(H2,15,17)/t6-,9+/m0/s1. The van der Waals surface area contributed by atoms with Crippen molar-refractivity contribution in [1.82, 2.24) is 0 Å². The Morgan fingerprint density at radius 3 is 2.68 bits per heavy atom. The Balaban J connectivity index is 2.49. The number of ether oxygens (including phenoxy) is 1. The average Bonchev–Trinajstić information content (AvgIpc) is 2.35. The van der Waals surface area contributed by atoms with Gasteiger partial charge in [-0.1, -0.05) is 23.2 Å². The summed E-state index contributed by atoms with van der Waals surface area (Å²) < 4.78 is 4.67. The van der Waals surface area contributed by atoms with Crippen molar-refractivity contribution in [2.45, 2.75) is 18.4 Å². The zero-order valence-electron chi connectivity index (χ0n) is 10.1. The van der Waals surface area contributed by atoms with Gasteiger partial charge in [-0.2, -0.15) is 0 Å². The lowest BCUT2D eigenvalue weighted by Crippen LogP contribution is -2.39. The minimum Gasteiger partial charge on any atom is -0.467 e. The van der Waals surface area contributed by atoms with Gasteiger partial charge in [-0.15, -0.1) is 0 Å². The first-order valence-corrected chi connectivity index (χ1v) is 6.32. The van der Waals surface area contributed by atoms with E-state index in [9.17, 15) is 9.59 Å². The molecule has 1 aliphatic rings. The molecule has 2 atom stereocenters. The molecule has 19 heavy (non-hydrogen) atoms. The quantitative estimate of drug-likeness (QED) is 0.818. The van der Waals surface area contributed by atoms with Crippen LogP contribution in [0, 0.1) is 0 Å². The molecule has 0 aromatic heterocycles. The van der Waals surface area contributed by atoms with Gasteiger partial charge >= 0.3 is 5.97 Å². The van der Waals surface area contributed by atoms with Crippen LogP contribution in [0.1, 0.15) is 17.9 Å². The topological polar surface area (TPSA) is 81.4 Å². The van der Waals surface area contributed by atoms with Crippen molar-refractivity contribution < 1.29 is 14.3 Å². The van der Waals surface area contributed by atoms with E-state index in [0.717, 1.165) is 0 Å². The molecule has 5 nitrogen and oxygen atoms in total. The van der Waals surface area contributed by atoms with Gasteiger partial charge in [0, 0.05) is 21.3 Å². The summed E-state index contributed by atoms with van der Waals surface area (Å²) in [6.45, 7) is 0. The number of carbonyl (C=O) groups is 2. The molecular weight excluding hydrogens is 291 g/mol. The largest absolute Gasteiger partial charge is 0.467 e. The summed E-state index contributed by atoms with van der Waals surface area (Å²) in [6, 6.07) is 2.50. The normalized spacial score (nSPS) is 21.2. The van der Waals surface area contributed by atoms with Gasteiger partial charge < -0.3 is 15.8 Å². The highest BCUT2D eigenvalue weighted by atomic mass is 35.5. The number of halogens is 2. The van der Waals surface area contributed by atoms with Crippen molar-refractivity contribution >= 4 is 40.8 Å². The van der Waals surface area contributed by atoms with E-state index in [1.54, 1.807) is 6.07 Å². The van der Waals surface area contributed by atoms with E-state index in [2.05, 4.69) is 10.1 Å². The second-order valence-corrected chi connectivity index (χ2v) is 5.10. The van der Waals surface area contributed by atoms with E-state index in [1.165, 1.54) is 13.2 Å².